The van der Waals surface area contributed by atoms with Crippen LogP contribution in [0, 0.1) is 0 Å². The number of fused-ring (bicyclic) bond motifs is 1. The van der Waals surface area contributed by atoms with Gasteiger partial charge in [0, 0.05) is 16.2 Å². The van der Waals surface area contributed by atoms with Gasteiger partial charge >= 0.3 is 0 Å². The number of nitrogens with one attached hydrogen (secondary N) is 1. The normalized spacial score (nSPS) is 12.6. The summed E-state index contributed by atoms with van der Waals surface area (Å²) in [4.78, 5) is 4.38. The fourth-order valence-electron chi connectivity index (χ4n) is 2.04. The Hall–Kier alpha value is -1.49. The summed E-state index contributed by atoms with van der Waals surface area (Å²) < 4.78 is 1.63. The van der Waals surface area contributed by atoms with Gasteiger partial charge in [-0.05, 0) is 36.8 Å². The van der Waals surface area contributed by atoms with Gasteiger partial charge in [-0.3, -0.25) is 0 Å². The molecule has 1 unspecified atom stereocenters. The van der Waals surface area contributed by atoms with Crippen LogP contribution in [0.15, 0.2) is 36.5 Å². The second-order valence-corrected chi connectivity index (χ2v) is 5.90. The van der Waals surface area contributed by atoms with Crippen molar-refractivity contribution in [2.24, 2.45) is 0 Å². The largest absolute Gasteiger partial charge is 0.346 e. The van der Waals surface area contributed by atoms with Crippen molar-refractivity contribution in [3.8, 4) is 0 Å². The van der Waals surface area contributed by atoms with Gasteiger partial charge < -0.3 is 5.32 Å². The number of rotatable bonds is 3. The summed E-state index contributed by atoms with van der Waals surface area (Å²) in [6.45, 7) is 1.98. The molecule has 0 bridgehead atoms. The lowest BCUT2D eigenvalue weighted by Crippen LogP contribution is -2.08. The molecular weight excluding hydrogens is 331 g/mol. The summed E-state index contributed by atoms with van der Waals surface area (Å²) in [5.41, 5.74) is 1.65. The van der Waals surface area contributed by atoms with Crippen molar-refractivity contribution >= 4 is 46.4 Å². The summed E-state index contributed by atoms with van der Waals surface area (Å²) in [7, 11) is 0. The Balaban J connectivity index is 1.87. The van der Waals surface area contributed by atoms with Gasteiger partial charge in [0.2, 0.25) is 5.95 Å². The second kappa shape index (κ2) is 5.72. The number of halogens is 3. The summed E-state index contributed by atoms with van der Waals surface area (Å²) in [5.74, 6) is 0.510. The van der Waals surface area contributed by atoms with Gasteiger partial charge in [-0.1, -0.05) is 40.9 Å². The first-order chi connectivity index (χ1) is 10.0. The molecular formula is C14H11Cl3N4. The van der Waals surface area contributed by atoms with E-state index in [1.54, 1.807) is 35.0 Å². The highest BCUT2D eigenvalue weighted by Gasteiger charge is 2.12. The summed E-state index contributed by atoms with van der Waals surface area (Å²) in [6.07, 6.45) is 1.70. The van der Waals surface area contributed by atoms with Gasteiger partial charge in [-0.15, -0.1) is 5.10 Å². The molecule has 0 radical (unpaired) electrons. The molecule has 0 amide bonds. The molecule has 4 nitrogen and oxygen atoms in total. The predicted octanol–water partition coefficient (Wildman–Crippen LogP) is 4.86. The van der Waals surface area contributed by atoms with Crippen molar-refractivity contribution in [3.05, 3.63) is 57.2 Å². The van der Waals surface area contributed by atoms with E-state index in [9.17, 15) is 0 Å². The van der Waals surface area contributed by atoms with Crippen molar-refractivity contribution in [1.82, 2.24) is 14.6 Å². The number of pyridine rings is 1. The van der Waals surface area contributed by atoms with Crippen LogP contribution in [0.2, 0.25) is 15.1 Å². The average molecular weight is 342 g/mol. The molecule has 0 aliphatic carbocycles. The van der Waals surface area contributed by atoms with Gasteiger partial charge in [-0.2, -0.15) is 4.98 Å². The van der Waals surface area contributed by atoms with E-state index in [2.05, 4.69) is 15.4 Å². The lowest BCUT2D eigenvalue weighted by molar-refractivity contribution is 0.853. The van der Waals surface area contributed by atoms with E-state index in [0.717, 1.165) is 11.2 Å². The summed E-state index contributed by atoms with van der Waals surface area (Å²) in [5, 5.41) is 9.36. The van der Waals surface area contributed by atoms with Crippen molar-refractivity contribution < 1.29 is 0 Å². The van der Waals surface area contributed by atoms with Crippen LogP contribution >= 0.6 is 34.8 Å². The molecule has 2 aromatic heterocycles. The maximum Gasteiger partial charge on any atom is 0.243 e. The molecule has 108 valence electrons. The molecule has 1 N–H and O–H groups in total. The van der Waals surface area contributed by atoms with Crippen LogP contribution in [-0.2, 0) is 0 Å². The minimum absolute atomic E-state index is 0.0531. The highest BCUT2D eigenvalue weighted by Crippen LogP contribution is 2.27. The lowest BCUT2D eigenvalue weighted by Gasteiger charge is -2.14. The van der Waals surface area contributed by atoms with Crippen molar-refractivity contribution in [2.75, 3.05) is 5.32 Å². The molecule has 0 aliphatic heterocycles. The van der Waals surface area contributed by atoms with E-state index >= 15 is 0 Å². The molecule has 7 heteroatoms. The van der Waals surface area contributed by atoms with Crippen LogP contribution in [0.4, 0.5) is 5.95 Å². The zero-order chi connectivity index (χ0) is 15.0. The Kier molecular flexibility index (Phi) is 3.93. The number of hydrogen-bond acceptors (Lipinski definition) is 3. The Morgan fingerprint density at radius 3 is 2.62 bits per heavy atom. The fourth-order valence-corrected chi connectivity index (χ4v) is 2.77. The number of anilines is 1. The Labute approximate surface area is 136 Å². The summed E-state index contributed by atoms with van der Waals surface area (Å²) >= 11 is 18.0. The van der Waals surface area contributed by atoms with Gasteiger partial charge in [0.25, 0.3) is 0 Å². The molecule has 0 saturated heterocycles. The van der Waals surface area contributed by atoms with Crippen molar-refractivity contribution in [1.29, 1.82) is 0 Å². The number of benzene rings is 1. The van der Waals surface area contributed by atoms with Crippen LogP contribution < -0.4 is 5.32 Å². The zero-order valence-corrected chi connectivity index (χ0v) is 13.3. The van der Waals surface area contributed by atoms with Crippen molar-refractivity contribution in [3.63, 3.8) is 0 Å². The minimum Gasteiger partial charge on any atom is -0.346 e. The maximum atomic E-state index is 6.20. The molecule has 3 rings (SSSR count). The van der Waals surface area contributed by atoms with E-state index in [1.807, 2.05) is 13.0 Å². The van der Waals surface area contributed by atoms with Crippen molar-refractivity contribution in [2.45, 2.75) is 13.0 Å². The summed E-state index contributed by atoms with van der Waals surface area (Å²) in [6, 6.07) is 8.93. The SMILES string of the molecule is CC(Nc1nc2ccc(Cl)cn2n1)c1ccc(Cl)cc1Cl. The Bertz CT molecular complexity index is 800. The fraction of sp³-hybridized carbons (Fsp3) is 0.143. The Morgan fingerprint density at radius 1 is 1.10 bits per heavy atom. The van der Waals surface area contributed by atoms with E-state index in [1.165, 1.54) is 0 Å². The number of aromatic nitrogens is 3. The molecule has 0 saturated carbocycles. The van der Waals surface area contributed by atoms with Crippen LogP contribution in [0.1, 0.15) is 18.5 Å². The maximum absolute atomic E-state index is 6.20. The van der Waals surface area contributed by atoms with E-state index in [0.29, 0.717) is 21.0 Å². The van der Waals surface area contributed by atoms with E-state index < -0.39 is 0 Å². The minimum atomic E-state index is -0.0531. The quantitative estimate of drug-likeness (QED) is 0.739. The standard InChI is InChI=1S/C14H11Cl3N4/c1-8(11-4-2-9(15)6-12(11)17)18-14-19-13-5-3-10(16)7-21(13)20-14/h2-8H,1H3,(H,18,20). The molecule has 1 atom stereocenters. The van der Waals surface area contributed by atoms with Gasteiger partial charge in [-0.25, -0.2) is 4.52 Å². The zero-order valence-electron chi connectivity index (χ0n) is 11.0. The first-order valence-corrected chi connectivity index (χ1v) is 7.40. The molecule has 0 fully saturated rings. The topological polar surface area (TPSA) is 42.2 Å². The van der Waals surface area contributed by atoms with Gasteiger partial charge in [0.1, 0.15) is 0 Å². The van der Waals surface area contributed by atoms with Gasteiger partial charge in [0.05, 0.1) is 11.1 Å². The first kappa shape index (κ1) is 14.4. The molecule has 1 aromatic carbocycles. The highest BCUT2D eigenvalue weighted by molar-refractivity contribution is 6.35. The highest BCUT2D eigenvalue weighted by atomic mass is 35.5. The number of nitrogens with zero attached hydrogens (tertiary/aromatic N) is 3. The Morgan fingerprint density at radius 2 is 1.86 bits per heavy atom. The van der Waals surface area contributed by atoms with Crippen LogP contribution in [0.25, 0.3) is 5.65 Å². The lowest BCUT2D eigenvalue weighted by atomic mass is 10.1. The molecule has 2 heterocycles. The molecule has 3 aromatic rings. The second-order valence-electron chi connectivity index (χ2n) is 4.62. The molecule has 0 spiro atoms. The average Bonchev–Trinajstić information content (AvgIpc) is 2.79. The van der Waals surface area contributed by atoms with E-state index in [4.69, 9.17) is 34.8 Å². The third-order valence-corrected chi connectivity index (χ3v) is 3.86. The van der Waals surface area contributed by atoms with Crippen LogP contribution in [0.3, 0.4) is 0 Å². The molecule has 0 aliphatic rings. The monoisotopic (exact) mass is 340 g/mol. The smallest absolute Gasteiger partial charge is 0.243 e. The van der Waals surface area contributed by atoms with Crippen LogP contribution in [0.5, 0.6) is 0 Å². The van der Waals surface area contributed by atoms with Gasteiger partial charge in [0.15, 0.2) is 5.65 Å². The van der Waals surface area contributed by atoms with Crippen LogP contribution in [-0.4, -0.2) is 14.6 Å². The molecule has 21 heavy (non-hydrogen) atoms. The number of hydrogen-bond donors (Lipinski definition) is 1. The predicted molar refractivity (Wildman–Crippen MR) is 86.5 cm³/mol. The third kappa shape index (κ3) is 3.07. The third-order valence-electron chi connectivity index (χ3n) is 3.07. The first-order valence-electron chi connectivity index (χ1n) is 6.26. The van der Waals surface area contributed by atoms with E-state index in [-0.39, 0.29) is 6.04 Å².